The van der Waals surface area contributed by atoms with Gasteiger partial charge in [-0.3, -0.25) is 4.79 Å². The van der Waals surface area contributed by atoms with Crippen molar-refractivity contribution in [3.05, 3.63) is 58.4 Å². The molecule has 5 heteroatoms. The van der Waals surface area contributed by atoms with Crippen LogP contribution in [0.25, 0.3) is 10.2 Å². The molecule has 0 bridgehead atoms. The Morgan fingerprint density at radius 2 is 1.92 bits per heavy atom. The van der Waals surface area contributed by atoms with E-state index in [1.54, 1.807) is 42.7 Å². The molecule has 0 aliphatic carbocycles. The first-order chi connectivity index (χ1) is 12.5. The number of ether oxygens (including phenoxy) is 1. The van der Waals surface area contributed by atoms with Gasteiger partial charge in [-0.25, -0.2) is 0 Å². The molecule has 4 nitrogen and oxygen atoms in total. The number of aryl methyl sites for hydroxylation is 1. The Kier molecular flexibility index (Phi) is 5.57. The number of fused-ring (bicyclic) bond motifs is 1. The summed E-state index contributed by atoms with van der Waals surface area (Å²) < 4.78 is 8.46. The molecule has 1 heterocycles. The van der Waals surface area contributed by atoms with Gasteiger partial charge >= 0.3 is 0 Å². The fraction of sp³-hybridized carbons (Fsp3) is 0.333. The van der Waals surface area contributed by atoms with Crippen LogP contribution in [-0.2, 0) is 6.54 Å². The second-order valence-corrected chi connectivity index (χ2v) is 7.57. The number of carbonyl (C=O) groups is 1. The summed E-state index contributed by atoms with van der Waals surface area (Å²) in [6.07, 6.45) is 0.988. The summed E-state index contributed by atoms with van der Waals surface area (Å²) in [5.41, 5.74) is 3.01. The summed E-state index contributed by atoms with van der Waals surface area (Å²) >= 11 is 1.58. The lowest BCUT2D eigenvalue weighted by Gasteiger charge is -2.06. The van der Waals surface area contributed by atoms with Gasteiger partial charge in [0.25, 0.3) is 5.91 Å². The van der Waals surface area contributed by atoms with Crippen LogP contribution >= 0.6 is 11.3 Å². The SMILES string of the molecule is CCCn1c(=NC(=O)c2ccc(OC)cc2)sc2cc(C(C)C)ccc21. The molecule has 136 valence electrons. The largest absolute Gasteiger partial charge is 0.497 e. The number of amides is 1. The smallest absolute Gasteiger partial charge is 0.279 e. The van der Waals surface area contributed by atoms with E-state index in [1.807, 2.05) is 0 Å². The van der Waals surface area contributed by atoms with Gasteiger partial charge in [-0.15, -0.1) is 0 Å². The fourth-order valence-corrected chi connectivity index (χ4v) is 3.96. The molecule has 2 aromatic carbocycles. The normalized spacial score (nSPS) is 12.1. The van der Waals surface area contributed by atoms with Gasteiger partial charge in [-0.2, -0.15) is 4.99 Å². The number of nitrogens with zero attached hydrogens (tertiary/aromatic N) is 2. The second kappa shape index (κ2) is 7.87. The van der Waals surface area contributed by atoms with E-state index in [0.717, 1.165) is 29.0 Å². The van der Waals surface area contributed by atoms with Gasteiger partial charge in [0.1, 0.15) is 5.75 Å². The first-order valence-electron chi connectivity index (χ1n) is 8.90. The van der Waals surface area contributed by atoms with Gasteiger partial charge in [-0.1, -0.05) is 38.2 Å². The van der Waals surface area contributed by atoms with Crippen LogP contribution in [-0.4, -0.2) is 17.6 Å². The average molecular weight is 369 g/mol. The van der Waals surface area contributed by atoms with E-state index < -0.39 is 0 Å². The maximum atomic E-state index is 12.6. The Morgan fingerprint density at radius 1 is 1.19 bits per heavy atom. The molecular formula is C21H24N2O2S. The lowest BCUT2D eigenvalue weighted by Crippen LogP contribution is -2.16. The highest BCUT2D eigenvalue weighted by Crippen LogP contribution is 2.24. The van der Waals surface area contributed by atoms with Gasteiger partial charge in [-0.05, 0) is 54.3 Å². The van der Waals surface area contributed by atoms with Crippen molar-refractivity contribution in [2.24, 2.45) is 4.99 Å². The van der Waals surface area contributed by atoms with Crippen molar-refractivity contribution in [3.63, 3.8) is 0 Å². The molecule has 3 rings (SSSR count). The van der Waals surface area contributed by atoms with E-state index >= 15 is 0 Å². The minimum atomic E-state index is -0.229. The molecule has 0 fully saturated rings. The molecule has 3 aromatic rings. The summed E-state index contributed by atoms with van der Waals surface area (Å²) in [4.78, 5) is 17.8. The third-order valence-corrected chi connectivity index (χ3v) is 5.40. The third kappa shape index (κ3) is 3.73. The highest BCUT2D eigenvalue weighted by Gasteiger charge is 2.10. The van der Waals surface area contributed by atoms with Crippen molar-refractivity contribution in [2.75, 3.05) is 7.11 Å². The van der Waals surface area contributed by atoms with Crippen molar-refractivity contribution >= 4 is 27.5 Å². The number of hydrogen-bond donors (Lipinski definition) is 0. The van der Waals surface area contributed by atoms with Crippen LogP contribution in [0.1, 0.15) is 49.0 Å². The quantitative estimate of drug-likeness (QED) is 0.637. The summed E-state index contributed by atoms with van der Waals surface area (Å²) in [5, 5.41) is 0. The first kappa shape index (κ1) is 18.4. The number of hydrogen-bond acceptors (Lipinski definition) is 3. The standard InChI is InChI=1S/C21H24N2O2S/c1-5-12-23-18-11-8-16(14(2)3)13-19(18)26-21(23)22-20(24)15-6-9-17(25-4)10-7-15/h6-11,13-14H,5,12H2,1-4H3. The van der Waals surface area contributed by atoms with Crippen LogP contribution < -0.4 is 9.54 Å². The zero-order valence-electron chi connectivity index (χ0n) is 15.7. The Hall–Kier alpha value is -2.40. The third-order valence-electron chi connectivity index (χ3n) is 4.35. The topological polar surface area (TPSA) is 43.6 Å². The molecule has 0 saturated heterocycles. The molecule has 0 N–H and O–H groups in total. The number of benzene rings is 2. The predicted octanol–water partition coefficient (Wildman–Crippen LogP) is 4.99. The molecule has 0 radical (unpaired) electrons. The van der Waals surface area contributed by atoms with Gasteiger partial charge in [0, 0.05) is 12.1 Å². The van der Waals surface area contributed by atoms with E-state index in [4.69, 9.17) is 4.74 Å². The van der Waals surface area contributed by atoms with Crippen molar-refractivity contribution in [2.45, 2.75) is 39.7 Å². The minimum absolute atomic E-state index is 0.229. The summed E-state index contributed by atoms with van der Waals surface area (Å²) in [6, 6.07) is 13.6. The zero-order valence-corrected chi connectivity index (χ0v) is 16.5. The van der Waals surface area contributed by atoms with Crippen LogP contribution in [0.4, 0.5) is 0 Å². The molecule has 0 unspecified atom stereocenters. The number of aromatic nitrogens is 1. The summed E-state index contributed by atoms with van der Waals surface area (Å²) in [5.74, 6) is 0.973. The molecule has 26 heavy (non-hydrogen) atoms. The molecule has 0 saturated carbocycles. The zero-order chi connectivity index (χ0) is 18.7. The van der Waals surface area contributed by atoms with E-state index in [2.05, 4.69) is 48.5 Å². The monoisotopic (exact) mass is 368 g/mol. The summed E-state index contributed by atoms with van der Waals surface area (Å²) in [7, 11) is 1.61. The lowest BCUT2D eigenvalue weighted by molar-refractivity contribution is 0.0998. The van der Waals surface area contributed by atoms with Gasteiger partial charge in [0.15, 0.2) is 4.80 Å². The van der Waals surface area contributed by atoms with Crippen LogP contribution in [0.15, 0.2) is 47.5 Å². The number of thiazole rings is 1. The van der Waals surface area contributed by atoms with Gasteiger partial charge in [0.2, 0.25) is 0 Å². The van der Waals surface area contributed by atoms with Crippen molar-refractivity contribution in [1.29, 1.82) is 0 Å². The van der Waals surface area contributed by atoms with Crippen LogP contribution in [0.2, 0.25) is 0 Å². The first-order valence-corrected chi connectivity index (χ1v) is 9.71. The van der Waals surface area contributed by atoms with E-state index in [0.29, 0.717) is 11.5 Å². The Morgan fingerprint density at radius 3 is 2.54 bits per heavy atom. The molecule has 1 aromatic heterocycles. The van der Waals surface area contributed by atoms with Crippen LogP contribution in [0.3, 0.4) is 0 Å². The highest BCUT2D eigenvalue weighted by molar-refractivity contribution is 7.16. The molecule has 0 aliphatic heterocycles. The highest BCUT2D eigenvalue weighted by atomic mass is 32.1. The molecule has 1 amide bonds. The number of rotatable bonds is 5. The predicted molar refractivity (Wildman–Crippen MR) is 107 cm³/mol. The van der Waals surface area contributed by atoms with Gasteiger partial charge < -0.3 is 9.30 Å². The maximum Gasteiger partial charge on any atom is 0.279 e. The van der Waals surface area contributed by atoms with Crippen molar-refractivity contribution in [1.82, 2.24) is 4.57 Å². The van der Waals surface area contributed by atoms with Crippen LogP contribution in [0.5, 0.6) is 5.75 Å². The molecule has 0 spiro atoms. The Bertz CT molecular complexity index is 981. The Labute approximate surface area is 157 Å². The minimum Gasteiger partial charge on any atom is -0.497 e. The van der Waals surface area contributed by atoms with E-state index in [9.17, 15) is 4.79 Å². The molecule has 0 aliphatic rings. The average Bonchev–Trinajstić information content (AvgIpc) is 2.98. The van der Waals surface area contributed by atoms with Gasteiger partial charge in [0.05, 0.1) is 17.3 Å². The molecular weight excluding hydrogens is 344 g/mol. The summed E-state index contributed by atoms with van der Waals surface area (Å²) in [6.45, 7) is 7.35. The Balaban J connectivity index is 2.07. The lowest BCUT2D eigenvalue weighted by atomic mass is 10.0. The second-order valence-electron chi connectivity index (χ2n) is 6.56. The fourth-order valence-electron chi connectivity index (χ4n) is 2.86. The molecule has 0 atom stereocenters. The van der Waals surface area contributed by atoms with E-state index in [-0.39, 0.29) is 5.91 Å². The van der Waals surface area contributed by atoms with Crippen molar-refractivity contribution < 1.29 is 9.53 Å². The van der Waals surface area contributed by atoms with Crippen LogP contribution in [0, 0.1) is 0 Å². The number of carbonyl (C=O) groups excluding carboxylic acids is 1. The van der Waals surface area contributed by atoms with E-state index in [1.165, 1.54) is 10.3 Å². The van der Waals surface area contributed by atoms with Crippen molar-refractivity contribution in [3.8, 4) is 5.75 Å². The maximum absolute atomic E-state index is 12.6. The number of methoxy groups -OCH3 is 1.